The van der Waals surface area contributed by atoms with Gasteiger partial charge in [0.1, 0.15) is 11.6 Å². The monoisotopic (exact) mass is 546 g/mol. The molecule has 3 N–H and O–H groups in total. The molecule has 1 heterocycles. The number of ether oxygens (including phenoxy) is 1. The van der Waals surface area contributed by atoms with Crippen LogP contribution in [0.5, 0.6) is 0 Å². The molecular weight excluding hydrogens is 512 g/mol. The van der Waals surface area contributed by atoms with Gasteiger partial charge in [0.15, 0.2) is 11.0 Å². The summed E-state index contributed by atoms with van der Waals surface area (Å²) in [5, 5.41) is 5.65. The largest absolute Gasteiger partial charge is 0.470 e. The normalized spacial score (nSPS) is 16.1. The Balaban J connectivity index is 0.000000263. The number of carbonyl (C=O) groups is 1. The summed E-state index contributed by atoms with van der Waals surface area (Å²) in [5.74, 6) is 1.62. The van der Waals surface area contributed by atoms with Gasteiger partial charge in [-0.3, -0.25) is 9.52 Å². The summed E-state index contributed by atoms with van der Waals surface area (Å²) in [6.07, 6.45) is 6.52. The van der Waals surface area contributed by atoms with E-state index in [0.717, 1.165) is 18.2 Å². The highest BCUT2D eigenvalue weighted by molar-refractivity contribution is 7.92. The highest BCUT2D eigenvalue weighted by atomic mass is 32.2. The molecule has 0 fully saturated rings. The summed E-state index contributed by atoms with van der Waals surface area (Å²) in [6, 6.07) is 14.7. The SMILES string of the molecule is C=C(O/C=C\C(C)CC)C(CNC=O)c1ccccc1.CC1=NS(=O)c2cc(NS(C)(=O)=O)ccc2N1. The third kappa shape index (κ3) is 10.2. The van der Waals surface area contributed by atoms with Gasteiger partial charge in [-0.2, -0.15) is 4.40 Å². The Hall–Kier alpha value is -3.44. The second-order valence-corrected chi connectivity index (χ2v) is 11.3. The van der Waals surface area contributed by atoms with E-state index in [0.29, 0.717) is 46.7 Å². The van der Waals surface area contributed by atoms with Crippen LogP contribution in [0.2, 0.25) is 0 Å². The van der Waals surface area contributed by atoms with Crippen molar-refractivity contribution in [1.82, 2.24) is 5.32 Å². The molecule has 1 amide bonds. The zero-order valence-electron chi connectivity index (χ0n) is 21.4. The molecule has 3 atom stereocenters. The Morgan fingerprint density at radius 2 is 1.95 bits per heavy atom. The smallest absolute Gasteiger partial charge is 0.229 e. The van der Waals surface area contributed by atoms with Gasteiger partial charge in [-0.05, 0) is 49.1 Å². The quantitative estimate of drug-likeness (QED) is 0.281. The van der Waals surface area contributed by atoms with E-state index < -0.39 is 21.0 Å². The molecule has 3 rings (SSSR count). The topological polar surface area (TPSA) is 126 Å². The lowest BCUT2D eigenvalue weighted by molar-refractivity contribution is -0.109. The van der Waals surface area contributed by atoms with Crippen molar-refractivity contribution in [2.75, 3.05) is 22.8 Å². The Labute approximate surface area is 221 Å². The molecule has 37 heavy (non-hydrogen) atoms. The van der Waals surface area contributed by atoms with Crippen LogP contribution < -0.4 is 15.4 Å². The van der Waals surface area contributed by atoms with Gasteiger partial charge >= 0.3 is 0 Å². The van der Waals surface area contributed by atoms with Crippen LogP contribution in [0.1, 0.15) is 38.7 Å². The number of nitrogens with one attached hydrogen (secondary N) is 3. The third-order valence-electron chi connectivity index (χ3n) is 5.27. The summed E-state index contributed by atoms with van der Waals surface area (Å²) >= 11 is 0. The Morgan fingerprint density at radius 3 is 2.57 bits per heavy atom. The number of sulfonamides is 1. The average Bonchev–Trinajstić information content (AvgIpc) is 2.84. The average molecular weight is 547 g/mol. The highest BCUT2D eigenvalue weighted by Crippen LogP contribution is 2.28. The summed E-state index contributed by atoms with van der Waals surface area (Å²) in [5.41, 5.74) is 2.12. The second kappa shape index (κ2) is 14.3. The lowest BCUT2D eigenvalue weighted by Gasteiger charge is -2.18. The zero-order chi connectivity index (χ0) is 27.4. The highest BCUT2D eigenvalue weighted by Gasteiger charge is 2.17. The molecule has 0 bridgehead atoms. The van der Waals surface area contributed by atoms with Crippen molar-refractivity contribution in [3.8, 4) is 0 Å². The Bertz CT molecular complexity index is 1260. The van der Waals surface area contributed by atoms with Crippen LogP contribution in [0.3, 0.4) is 0 Å². The van der Waals surface area contributed by atoms with Crippen molar-refractivity contribution in [2.45, 2.75) is 38.0 Å². The number of fused-ring (bicyclic) bond motifs is 1. The van der Waals surface area contributed by atoms with Crippen LogP contribution in [-0.4, -0.2) is 37.7 Å². The first kappa shape index (κ1) is 29.8. The molecule has 9 nitrogen and oxygen atoms in total. The molecule has 2 aromatic rings. The van der Waals surface area contributed by atoms with E-state index in [1.54, 1.807) is 25.3 Å². The zero-order valence-corrected chi connectivity index (χ0v) is 23.1. The number of rotatable bonds is 11. The first-order valence-electron chi connectivity index (χ1n) is 11.6. The number of hydrogen-bond donors (Lipinski definition) is 3. The van der Waals surface area contributed by atoms with Gasteiger partial charge in [0.25, 0.3) is 0 Å². The fraction of sp³-hybridized carbons (Fsp3) is 0.308. The molecule has 200 valence electrons. The predicted molar refractivity (Wildman–Crippen MR) is 150 cm³/mol. The van der Waals surface area contributed by atoms with E-state index in [-0.39, 0.29) is 5.92 Å². The van der Waals surface area contributed by atoms with Crippen LogP contribution in [0.4, 0.5) is 11.4 Å². The van der Waals surface area contributed by atoms with Crippen LogP contribution in [0.25, 0.3) is 0 Å². The molecule has 11 heteroatoms. The summed E-state index contributed by atoms with van der Waals surface area (Å²) in [4.78, 5) is 11.0. The minimum Gasteiger partial charge on any atom is -0.470 e. The van der Waals surface area contributed by atoms with Crippen molar-refractivity contribution in [2.24, 2.45) is 10.3 Å². The maximum atomic E-state index is 11.7. The van der Waals surface area contributed by atoms with Gasteiger partial charge in [0.05, 0.1) is 29.0 Å². The number of benzene rings is 2. The van der Waals surface area contributed by atoms with Gasteiger partial charge in [0.2, 0.25) is 16.4 Å². The van der Waals surface area contributed by atoms with Gasteiger partial charge in [-0.25, -0.2) is 12.6 Å². The number of hydrogen-bond acceptors (Lipinski definition) is 6. The fourth-order valence-corrected chi connectivity index (χ4v) is 4.67. The van der Waals surface area contributed by atoms with E-state index in [4.69, 9.17) is 4.74 Å². The number of amidine groups is 1. The minimum atomic E-state index is -3.34. The van der Waals surface area contributed by atoms with Crippen molar-refractivity contribution < 1.29 is 22.2 Å². The maximum Gasteiger partial charge on any atom is 0.229 e. The first-order chi connectivity index (χ1) is 17.5. The standard InChI is InChI=1S/C17H23NO2.C9H11N3O3S2/c1-4-14(2)10-11-20-15(3)17(12-18-13-19)16-8-6-5-7-9-16;1-6-10-8-4-3-7(12-17(2,14)15)5-9(8)16(13)11-6/h5-11,13-14,17H,3-4,12H2,1-2H3,(H,18,19);3-5,12H,1-2H3,(H,10,11)/b11-10-;. The number of carbonyl (C=O) groups excluding carboxylic acids is 1. The van der Waals surface area contributed by atoms with Crippen molar-refractivity contribution >= 4 is 44.6 Å². The predicted octanol–water partition coefficient (Wildman–Crippen LogP) is 4.53. The molecule has 2 aromatic carbocycles. The summed E-state index contributed by atoms with van der Waals surface area (Å²) < 4.78 is 45.6. The third-order valence-corrected chi connectivity index (χ3v) is 7.03. The summed E-state index contributed by atoms with van der Waals surface area (Å²) in [6.45, 7) is 10.4. The molecule has 0 radical (unpaired) electrons. The van der Waals surface area contributed by atoms with Crippen LogP contribution in [0, 0.1) is 5.92 Å². The molecule has 1 aliphatic heterocycles. The molecule has 0 aromatic heterocycles. The van der Waals surface area contributed by atoms with E-state index in [2.05, 4.69) is 40.2 Å². The number of amides is 1. The van der Waals surface area contributed by atoms with E-state index in [1.165, 1.54) is 6.07 Å². The van der Waals surface area contributed by atoms with Crippen molar-refractivity contribution in [3.05, 3.63) is 78.8 Å². The van der Waals surface area contributed by atoms with Gasteiger partial charge in [-0.1, -0.05) is 50.8 Å². The van der Waals surface area contributed by atoms with Gasteiger partial charge < -0.3 is 15.4 Å². The lowest BCUT2D eigenvalue weighted by atomic mass is 9.97. The van der Waals surface area contributed by atoms with Gasteiger partial charge in [-0.15, -0.1) is 0 Å². The number of allylic oxidation sites excluding steroid dienone is 1. The molecule has 0 saturated heterocycles. The first-order valence-corrected chi connectivity index (χ1v) is 14.6. The Morgan fingerprint density at radius 1 is 1.24 bits per heavy atom. The second-order valence-electron chi connectivity index (χ2n) is 8.42. The summed E-state index contributed by atoms with van der Waals surface area (Å²) in [7, 11) is -4.83. The van der Waals surface area contributed by atoms with Crippen LogP contribution in [0.15, 0.2) is 82.5 Å². The van der Waals surface area contributed by atoms with E-state index >= 15 is 0 Å². The molecule has 0 aliphatic carbocycles. The van der Waals surface area contributed by atoms with Crippen molar-refractivity contribution in [3.63, 3.8) is 0 Å². The van der Waals surface area contributed by atoms with Crippen LogP contribution in [-0.2, 0) is 30.5 Å². The minimum absolute atomic E-state index is 0.0528. The fourth-order valence-electron chi connectivity index (χ4n) is 3.19. The van der Waals surface area contributed by atoms with Crippen molar-refractivity contribution in [1.29, 1.82) is 0 Å². The molecular formula is C26H34N4O5S2. The number of anilines is 2. The number of nitrogens with zero attached hydrogens (tertiary/aromatic N) is 1. The lowest BCUT2D eigenvalue weighted by Crippen LogP contribution is -2.21. The molecule has 0 spiro atoms. The van der Waals surface area contributed by atoms with E-state index in [9.17, 15) is 17.4 Å². The Kier molecular flexibility index (Phi) is 11.5. The maximum absolute atomic E-state index is 11.7. The van der Waals surface area contributed by atoms with Gasteiger partial charge in [0, 0.05) is 12.2 Å². The van der Waals surface area contributed by atoms with Crippen LogP contribution >= 0.6 is 0 Å². The van der Waals surface area contributed by atoms with E-state index in [1.807, 2.05) is 36.4 Å². The molecule has 0 saturated carbocycles. The molecule has 3 unspecified atom stereocenters. The molecule has 1 aliphatic rings.